The molecule has 2 aromatic rings. The van der Waals surface area contributed by atoms with Gasteiger partial charge in [-0.25, -0.2) is 8.78 Å². The largest absolute Gasteiger partial charge is 0.207 e. The number of hydrogen-bond donors (Lipinski definition) is 0. The van der Waals surface area contributed by atoms with E-state index < -0.39 is 0 Å². The van der Waals surface area contributed by atoms with Crippen molar-refractivity contribution < 1.29 is 8.78 Å². The molecule has 0 radical (unpaired) electrons. The number of benzene rings is 2. The van der Waals surface area contributed by atoms with E-state index in [0.29, 0.717) is 0 Å². The quantitative estimate of drug-likeness (QED) is 0.667. The smallest absolute Gasteiger partial charge is 0.123 e. The van der Waals surface area contributed by atoms with Crippen LogP contribution >= 0.6 is 0 Å². The maximum atomic E-state index is 13.8. The summed E-state index contributed by atoms with van der Waals surface area (Å²) in [6, 6.07) is 13.7. The lowest BCUT2D eigenvalue weighted by molar-refractivity contribution is 0.259. The summed E-state index contributed by atoms with van der Waals surface area (Å²) in [4.78, 5) is 0. The highest BCUT2D eigenvalue weighted by molar-refractivity contribution is 5.40. The lowest BCUT2D eigenvalue weighted by Gasteiger charge is -2.41. The first kappa shape index (κ1) is 15.2. The maximum absolute atomic E-state index is 13.8. The van der Waals surface area contributed by atoms with Crippen LogP contribution in [0.3, 0.4) is 0 Å². The van der Waals surface area contributed by atoms with E-state index in [9.17, 15) is 8.78 Å². The van der Waals surface area contributed by atoms with Crippen LogP contribution in [0.5, 0.6) is 0 Å². The highest BCUT2D eigenvalue weighted by Crippen LogP contribution is 2.47. The molecule has 0 nitrogen and oxygen atoms in total. The molecule has 0 saturated heterocycles. The van der Waals surface area contributed by atoms with Gasteiger partial charge in [-0.05, 0) is 67.0 Å². The van der Waals surface area contributed by atoms with Crippen molar-refractivity contribution in [2.75, 3.05) is 0 Å². The van der Waals surface area contributed by atoms with Crippen molar-refractivity contribution in [3.05, 3.63) is 71.3 Å². The summed E-state index contributed by atoms with van der Waals surface area (Å²) < 4.78 is 27.5. The lowest BCUT2D eigenvalue weighted by atomic mass is 9.63. The standard InChI is InChI=1S/C20H22F2/c1-2-15-9-11-20(12-10-15,16-5-3-7-18(21)13-16)17-6-4-8-19(22)14-17/h3-8,13-15H,2,9-12H2,1H3. The fraction of sp³-hybridized carbons (Fsp3) is 0.400. The Balaban J connectivity index is 2.07. The molecule has 0 N–H and O–H groups in total. The first-order valence-corrected chi connectivity index (χ1v) is 8.16. The molecule has 3 rings (SSSR count). The second-order valence-electron chi connectivity index (χ2n) is 6.45. The van der Waals surface area contributed by atoms with E-state index in [1.165, 1.54) is 18.6 Å². The van der Waals surface area contributed by atoms with Crippen LogP contribution in [0.1, 0.15) is 50.2 Å². The zero-order valence-corrected chi connectivity index (χ0v) is 13.0. The van der Waals surface area contributed by atoms with Crippen molar-refractivity contribution in [1.29, 1.82) is 0 Å². The average molecular weight is 300 g/mol. The summed E-state index contributed by atoms with van der Waals surface area (Å²) in [7, 11) is 0. The van der Waals surface area contributed by atoms with Crippen LogP contribution in [-0.4, -0.2) is 0 Å². The van der Waals surface area contributed by atoms with Crippen molar-refractivity contribution in [3.8, 4) is 0 Å². The Labute approximate surface area is 131 Å². The van der Waals surface area contributed by atoms with Crippen molar-refractivity contribution in [3.63, 3.8) is 0 Å². The summed E-state index contributed by atoms with van der Waals surface area (Å²) >= 11 is 0. The van der Waals surface area contributed by atoms with Crippen LogP contribution in [0.15, 0.2) is 48.5 Å². The minimum absolute atomic E-state index is 0.217. The summed E-state index contributed by atoms with van der Waals surface area (Å²) in [6.45, 7) is 2.22. The Bertz CT molecular complexity index is 592. The van der Waals surface area contributed by atoms with Gasteiger partial charge in [-0.15, -0.1) is 0 Å². The third kappa shape index (κ3) is 2.79. The van der Waals surface area contributed by atoms with E-state index in [1.54, 1.807) is 24.3 Å². The van der Waals surface area contributed by atoms with Gasteiger partial charge in [-0.3, -0.25) is 0 Å². The average Bonchev–Trinajstić information content (AvgIpc) is 2.55. The SMILES string of the molecule is CCC1CCC(c2cccc(F)c2)(c2cccc(F)c2)CC1. The molecule has 1 saturated carbocycles. The van der Waals surface area contributed by atoms with Crippen LogP contribution in [0.25, 0.3) is 0 Å². The molecule has 0 spiro atoms. The second-order valence-corrected chi connectivity index (χ2v) is 6.45. The van der Waals surface area contributed by atoms with E-state index in [4.69, 9.17) is 0 Å². The van der Waals surface area contributed by atoms with Crippen LogP contribution < -0.4 is 0 Å². The van der Waals surface area contributed by atoms with E-state index in [2.05, 4.69) is 6.92 Å². The Morgan fingerprint density at radius 1 is 0.909 bits per heavy atom. The van der Waals surface area contributed by atoms with Gasteiger partial charge in [0.15, 0.2) is 0 Å². The van der Waals surface area contributed by atoms with Crippen LogP contribution in [0, 0.1) is 17.6 Å². The van der Waals surface area contributed by atoms with Gasteiger partial charge in [0.2, 0.25) is 0 Å². The van der Waals surface area contributed by atoms with Crippen molar-refractivity contribution in [2.24, 2.45) is 5.92 Å². The third-order valence-corrected chi connectivity index (χ3v) is 5.29. The zero-order chi connectivity index (χ0) is 15.6. The molecule has 0 unspecified atom stereocenters. The fourth-order valence-electron chi connectivity index (χ4n) is 3.89. The van der Waals surface area contributed by atoms with Gasteiger partial charge in [0.1, 0.15) is 11.6 Å². The predicted molar refractivity (Wildman–Crippen MR) is 85.8 cm³/mol. The zero-order valence-electron chi connectivity index (χ0n) is 13.0. The van der Waals surface area contributed by atoms with E-state index in [1.807, 2.05) is 12.1 Å². The van der Waals surface area contributed by atoms with Crippen molar-refractivity contribution >= 4 is 0 Å². The lowest BCUT2D eigenvalue weighted by Crippen LogP contribution is -2.33. The Hall–Kier alpha value is -1.70. The molecule has 0 bridgehead atoms. The molecular formula is C20H22F2. The summed E-state index contributed by atoms with van der Waals surface area (Å²) in [5, 5.41) is 0. The summed E-state index contributed by atoms with van der Waals surface area (Å²) in [6.07, 6.45) is 5.33. The Morgan fingerprint density at radius 2 is 1.41 bits per heavy atom. The van der Waals surface area contributed by atoms with Gasteiger partial charge in [-0.2, -0.15) is 0 Å². The number of rotatable bonds is 3. The van der Waals surface area contributed by atoms with Gasteiger partial charge in [0.05, 0.1) is 0 Å². The van der Waals surface area contributed by atoms with E-state index in [-0.39, 0.29) is 17.0 Å². The molecule has 0 amide bonds. The number of halogens is 2. The molecule has 1 aliphatic carbocycles. The fourth-order valence-corrected chi connectivity index (χ4v) is 3.89. The molecule has 2 heteroatoms. The summed E-state index contributed by atoms with van der Waals surface area (Å²) in [5.74, 6) is 0.298. The molecule has 22 heavy (non-hydrogen) atoms. The van der Waals surface area contributed by atoms with Gasteiger partial charge in [-0.1, -0.05) is 37.6 Å². The van der Waals surface area contributed by atoms with E-state index >= 15 is 0 Å². The van der Waals surface area contributed by atoms with Gasteiger partial charge in [0, 0.05) is 5.41 Å². The molecule has 1 fully saturated rings. The normalized spacial score (nSPS) is 18.3. The maximum Gasteiger partial charge on any atom is 0.123 e. The highest BCUT2D eigenvalue weighted by atomic mass is 19.1. The Morgan fingerprint density at radius 3 is 1.82 bits per heavy atom. The first-order valence-electron chi connectivity index (χ1n) is 8.16. The Kier molecular flexibility index (Phi) is 4.28. The molecular weight excluding hydrogens is 278 g/mol. The van der Waals surface area contributed by atoms with Gasteiger partial charge in [0.25, 0.3) is 0 Å². The van der Waals surface area contributed by atoms with Crippen LogP contribution in [0.2, 0.25) is 0 Å². The molecule has 0 heterocycles. The third-order valence-electron chi connectivity index (χ3n) is 5.29. The van der Waals surface area contributed by atoms with Crippen molar-refractivity contribution in [1.82, 2.24) is 0 Å². The minimum atomic E-state index is -0.254. The van der Waals surface area contributed by atoms with Gasteiger partial charge < -0.3 is 0 Å². The molecule has 0 atom stereocenters. The molecule has 116 valence electrons. The van der Waals surface area contributed by atoms with Gasteiger partial charge >= 0.3 is 0 Å². The molecule has 0 aliphatic heterocycles. The van der Waals surface area contributed by atoms with Crippen LogP contribution in [0.4, 0.5) is 8.78 Å². The molecule has 0 aromatic heterocycles. The molecule has 2 aromatic carbocycles. The first-order chi connectivity index (χ1) is 10.6. The minimum Gasteiger partial charge on any atom is -0.207 e. The summed E-state index contributed by atoms with van der Waals surface area (Å²) in [5.41, 5.74) is 1.70. The second kappa shape index (κ2) is 6.20. The molecule has 1 aliphatic rings. The topological polar surface area (TPSA) is 0 Å². The predicted octanol–water partition coefficient (Wildman–Crippen LogP) is 5.85. The monoisotopic (exact) mass is 300 g/mol. The van der Waals surface area contributed by atoms with Crippen molar-refractivity contribution in [2.45, 2.75) is 44.4 Å². The highest BCUT2D eigenvalue weighted by Gasteiger charge is 2.38. The van der Waals surface area contributed by atoms with Crippen LogP contribution in [-0.2, 0) is 5.41 Å². The van der Waals surface area contributed by atoms with E-state index in [0.717, 1.165) is 42.7 Å². The number of hydrogen-bond acceptors (Lipinski definition) is 0.